The fourth-order valence-corrected chi connectivity index (χ4v) is 3.70. The van der Waals surface area contributed by atoms with Crippen molar-refractivity contribution >= 4 is 21.6 Å². The van der Waals surface area contributed by atoms with Gasteiger partial charge in [0.15, 0.2) is 0 Å². The first-order valence-corrected chi connectivity index (χ1v) is 9.11. The first-order chi connectivity index (χ1) is 11.2. The molecule has 0 bridgehead atoms. The van der Waals surface area contributed by atoms with Crippen molar-refractivity contribution < 1.29 is 22.3 Å². The van der Waals surface area contributed by atoms with E-state index in [-0.39, 0.29) is 43.9 Å². The van der Waals surface area contributed by atoms with E-state index in [1.165, 1.54) is 10.4 Å². The fourth-order valence-electron chi connectivity index (χ4n) is 2.20. The molecule has 7 nitrogen and oxygen atoms in total. The molecule has 1 aliphatic heterocycles. The molecule has 0 spiro atoms. The van der Waals surface area contributed by atoms with E-state index >= 15 is 0 Å². The van der Waals surface area contributed by atoms with Gasteiger partial charge in [-0.1, -0.05) is 6.92 Å². The maximum absolute atomic E-state index is 14.1. The molecule has 1 heterocycles. The summed E-state index contributed by atoms with van der Waals surface area (Å²) in [6.45, 7) is 4.23. The largest absolute Gasteiger partial charge is 0.379 e. The van der Waals surface area contributed by atoms with Crippen molar-refractivity contribution in [2.24, 2.45) is 11.7 Å². The van der Waals surface area contributed by atoms with E-state index < -0.39 is 26.7 Å². The van der Waals surface area contributed by atoms with Gasteiger partial charge in [0.05, 0.1) is 19.1 Å². The molecule has 3 N–H and O–H groups in total. The Kier molecular flexibility index (Phi) is 5.92. The van der Waals surface area contributed by atoms with Crippen LogP contribution in [0.4, 0.5) is 10.1 Å². The Morgan fingerprint density at radius 3 is 2.54 bits per heavy atom. The Balaban J connectivity index is 2.27. The predicted octanol–water partition coefficient (Wildman–Crippen LogP) is 0.768. The Morgan fingerprint density at radius 1 is 1.33 bits per heavy atom. The number of sulfonamides is 1. The summed E-state index contributed by atoms with van der Waals surface area (Å²) in [5, 5.41) is 2.57. The van der Waals surface area contributed by atoms with Gasteiger partial charge < -0.3 is 15.8 Å². The molecule has 0 aliphatic carbocycles. The molecule has 1 saturated heterocycles. The number of anilines is 1. The third-order valence-electron chi connectivity index (χ3n) is 3.99. The first kappa shape index (κ1) is 18.8. The minimum Gasteiger partial charge on any atom is -0.379 e. The van der Waals surface area contributed by atoms with Gasteiger partial charge in [0.2, 0.25) is 15.9 Å². The van der Waals surface area contributed by atoms with Gasteiger partial charge in [-0.3, -0.25) is 4.79 Å². The van der Waals surface area contributed by atoms with Crippen LogP contribution in [0.5, 0.6) is 0 Å². The molecule has 0 radical (unpaired) electrons. The van der Waals surface area contributed by atoms with Gasteiger partial charge in [-0.25, -0.2) is 12.8 Å². The highest BCUT2D eigenvalue weighted by Gasteiger charge is 2.29. The van der Waals surface area contributed by atoms with Gasteiger partial charge in [0.1, 0.15) is 10.7 Å². The lowest BCUT2D eigenvalue weighted by Crippen LogP contribution is -2.41. The first-order valence-electron chi connectivity index (χ1n) is 7.67. The molecule has 2 atom stereocenters. The SMILES string of the molecule is CC(N)C(C)C(=O)Nc1ccc(F)c(S(=O)(=O)N2CCOCC2)c1. The van der Waals surface area contributed by atoms with Gasteiger partial charge >= 0.3 is 0 Å². The van der Waals surface area contributed by atoms with E-state index in [0.29, 0.717) is 0 Å². The van der Waals surface area contributed by atoms with Crippen LogP contribution in [0.3, 0.4) is 0 Å². The highest BCUT2D eigenvalue weighted by molar-refractivity contribution is 7.89. The second-order valence-electron chi connectivity index (χ2n) is 5.80. The van der Waals surface area contributed by atoms with Crippen LogP contribution in [-0.2, 0) is 19.6 Å². The number of amides is 1. The van der Waals surface area contributed by atoms with Crippen molar-refractivity contribution in [3.05, 3.63) is 24.0 Å². The Hall–Kier alpha value is -1.55. The maximum atomic E-state index is 14.1. The highest BCUT2D eigenvalue weighted by Crippen LogP contribution is 2.24. The Morgan fingerprint density at radius 2 is 1.96 bits per heavy atom. The number of nitrogens with zero attached hydrogens (tertiary/aromatic N) is 1. The molecule has 134 valence electrons. The number of halogens is 1. The van der Waals surface area contributed by atoms with E-state index in [0.717, 1.165) is 12.1 Å². The van der Waals surface area contributed by atoms with E-state index in [2.05, 4.69) is 5.32 Å². The summed E-state index contributed by atoms with van der Waals surface area (Å²) in [6, 6.07) is 3.12. The van der Waals surface area contributed by atoms with Crippen molar-refractivity contribution in [1.82, 2.24) is 4.31 Å². The smallest absolute Gasteiger partial charge is 0.246 e. The molecule has 1 amide bonds. The monoisotopic (exact) mass is 359 g/mol. The molecular weight excluding hydrogens is 337 g/mol. The molecule has 0 saturated carbocycles. The van der Waals surface area contributed by atoms with Gasteiger partial charge in [-0.2, -0.15) is 4.31 Å². The lowest BCUT2D eigenvalue weighted by Gasteiger charge is -2.26. The number of rotatable bonds is 5. The number of carbonyl (C=O) groups excluding carboxylic acids is 1. The number of nitrogens with two attached hydrogens (primary N) is 1. The molecule has 1 fully saturated rings. The van der Waals surface area contributed by atoms with Crippen LogP contribution in [-0.4, -0.2) is 51.0 Å². The number of nitrogens with one attached hydrogen (secondary N) is 1. The standard InChI is InChI=1S/C15H22FN3O4S/c1-10(11(2)17)15(20)18-12-3-4-13(16)14(9-12)24(21,22)19-5-7-23-8-6-19/h3-4,9-11H,5-8,17H2,1-2H3,(H,18,20). The molecule has 24 heavy (non-hydrogen) atoms. The van der Waals surface area contributed by atoms with Crippen molar-refractivity contribution in [2.75, 3.05) is 31.6 Å². The van der Waals surface area contributed by atoms with Gasteiger partial charge in [-0.05, 0) is 25.1 Å². The summed E-state index contributed by atoms with van der Waals surface area (Å²) < 4.78 is 45.5. The zero-order valence-corrected chi connectivity index (χ0v) is 14.5. The topological polar surface area (TPSA) is 102 Å². The average Bonchev–Trinajstić information content (AvgIpc) is 2.56. The van der Waals surface area contributed by atoms with E-state index in [1.807, 2.05) is 0 Å². The Labute approximate surface area is 141 Å². The van der Waals surface area contributed by atoms with E-state index in [4.69, 9.17) is 10.5 Å². The number of benzene rings is 1. The minimum atomic E-state index is -3.99. The highest BCUT2D eigenvalue weighted by atomic mass is 32.2. The quantitative estimate of drug-likeness (QED) is 0.808. The second-order valence-corrected chi connectivity index (χ2v) is 7.71. The van der Waals surface area contributed by atoms with Gasteiger partial charge in [-0.15, -0.1) is 0 Å². The maximum Gasteiger partial charge on any atom is 0.246 e. The third kappa shape index (κ3) is 4.10. The van der Waals surface area contributed by atoms with Gasteiger partial charge in [0, 0.05) is 24.8 Å². The van der Waals surface area contributed by atoms with E-state index in [9.17, 15) is 17.6 Å². The Bertz CT molecular complexity index is 703. The predicted molar refractivity (Wildman–Crippen MR) is 87.4 cm³/mol. The summed E-state index contributed by atoms with van der Waals surface area (Å²) in [4.78, 5) is 11.6. The molecule has 1 aromatic carbocycles. The second kappa shape index (κ2) is 7.56. The van der Waals surface area contributed by atoms with Crippen LogP contribution >= 0.6 is 0 Å². The fraction of sp³-hybridized carbons (Fsp3) is 0.533. The lowest BCUT2D eigenvalue weighted by atomic mass is 10.0. The zero-order valence-electron chi connectivity index (χ0n) is 13.7. The number of hydrogen-bond acceptors (Lipinski definition) is 5. The third-order valence-corrected chi connectivity index (χ3v) is 5.90. The normalized spacial score (nSPS) is 18.8. The molecule has 2 unspecified atom stereocenters. The van der Waals surface area contributed by atoms with Crippen molar-refractivity contribution in [3.8, 4) is 0 Å². The van der Waals surface area contributed by atoms with Crippen LogP contribution in [0, 0.1) is 11.7 Å². The summed E-state index contributed by atoms with van der Waals surface area (Å²) in [5.74, 6) is -1.68. The van der Waals surface area contributed by atoms with Crippen LogP contribution in [0.25, 0.3) is 0 Å². The van der Waals surface area contributed by atoms with Crippen LogP contribution < -0.4 is 11.1 Å². The molecule has 1 aliphatic rings. The molecule has 9 heteroatoms. The number of hydrogen-bond donors (Lipinski definition) is 2. The molecule has 2 rings (SSSR count). The van der Waals surface area contributed by atoms with Gasteiger partial charge in [0.25, 0.3) is 0 Å². The molecular formula is C15H22FN3O4S. The summed E-state index contributed by atoms with van der Waals surface area (Å²) in [7, 11) is -3.99. The molecule has 0 aromatic heterocycles. The minimum absolute atomic E-state index is 0.167. The number of morpholine rings is 1. The summed E-state index contributed by atoms with van der Waals surface area (Å²) in [5.41, 5.74) is 5.89. The van der Waals surface area contributed by atoms with Crippen LogP contribution in [0.15, 0.2) is 23.1 Å². The summed E-state index contributed by atoms with van der Waals surface area (Å²) >= 11 is 0. The zero-order chi connectivity index (χ0) is 17.9. The van der Waals surface area contributed by atoms with Crippen LogP contribution in [0.2, 0.25) is 0 Å². The van der Waals surface area contributed by atoms with E-state index in [1.54, 1.807) is 13.8 Å². The van der Waals surface area contributed by atoms with Crippen molar-refractivity contribution in [2.45, 2.75) is 24.8 Å². The van der Waals surface area contributed by atoms with Crippen molar-refractivity contribution in [1.29, 1.82) is 0 Å². The number of carbonyl (C=O) groups is 1. The lowest BCUT2D eigenvalue weighted by molar-refractivity contribution is -0.119. The molecule has 1 aromatic rings. The van der Waals surface area contributed by atoms with Crippen molar-refractivity contribution in [3.63, 3.8) is 0 Å². The average molecular weight is 359 g/mol. The number of ether oxygens (including phenoxy) is 1. The summed E-state index contributed by atoms with van der Waals surface area (Å²) in [6.07, 6.45) is 0. The van der Waals surface area contributed by atoms with Crippen LogP contribution in [0.1, 0.15) is 13.8 Å².